The first-order valence-corrected chi connectivity index (χ1v) is 10.9. The largest absolute Gasteiger partial charge is 0.345 e. The van der Waals surface area contributed by atoms with Gasteiger partial charge in [-0.3, -0.25) is 4.79 Å². The van der Waals surface area contributed by atoms with Gasteiger partial charge >= 0.3 is 0 Å². The number of halogens is 1. The lowest BCUT2D eigenvalue weighted by atomic mass is 9.99. The predicted molar refractivity (Wildman–Crippen MR) is 129 cm³/mol. The fourth-order valence-corrected chi connectivity index (χ4v) is 4.13. The van der Waals surface area contributed by atoms with Gasteiger partial charge in [0.2, 0.25) is 0 Å². The molecule has 1 aromatic heterocycles. The third-order valence-electron chi connectivity index (χ3n) is 5.56. The molecule has 0 N–H and O–H groups in total. The second-order valence-corrected chi connectivity index (χ2v) is 9.28. The third-order valence-corrected chi connectivity index (χ3v) is 5.80. The molecule has 0 aliphatic carbocycles. The van der Waals surface area contributed by atoms with Crippen LogP contribution in [0.2, 0.25) is 5.02 Å². The van der Waals surface area contributed by atoms with E-state index < -0.39 is 0 Å². The first-order chi connectivity index (χ1) is 14.8. The summed E-state index contributed by atoms with van der Waals surface area (Å²) in [6.07, 6.45) is 2.06. The SMILES string of the molecule is CC(C)(C)N(Cc1cccn1Cc1cccc(Cl)c1)C(=O)c1cccc2ccccc12. The van der Waals surface area contributed by atoms with Crippen molar-refractivity contribution in [3.05, 3.63) is 107 Å². The van der Waals surface area contributed by atoms with E-state index in [4.69, 9.17) is 11.6 Å². The maximum absolute atomic E-state index is 13.7. The van der Waals surface area contributed by atoms with E-state index in [0.717, 1.165) is 32.6 Å². The number of rotatable bonds is 5. The second-order valence-electron chi connectivity index (χ2n) is 8.85. The first kappa shape index (κ1) is 21.2. The molecule has 3 nitrogen and oxygen atoms in total. The number of fused-ring (bicyclic) bond motifs is 1. The average Bonchev–Trinajstić information content (AvgIpc) is 3.17. The van der Waals surface area contributed by atoms with E-state index in [9.17, 15) is 4.79 Å². The minimum atomic E-state index is -0.334. The van der Waals surface area contributed by atoms with Crippen molar-refractivity contribution in [3.8, 4) is 0 Å². The van der Waals surface area contributed by atoms with E-state index in [1.807, 2.05) is 71.6 Å². The van der Waals surface area contributed by atoms with Crippen LogP contribution in [-0.4, -0.2) is 20.9 Å². The summed E-state index contributed by atoms with van der Waals surface area (Å²) in [6.45, 7) is 7.49. The zero-order valence-electron chi connectivity index (χ0n) is 18.2. The van der Waals surface area contributed by atoms with Crippen LogP contribution in [-0.2, 0) is 13.1 Å². The monoisotopic (exact) mass is 430 g/mol. The summed E-state index contributed by atoms with van der Waals surface area (Å²) >= 11 is 6.16. The molecule has 0 aliphatic heterocycles. The lowest BCUT2D eigenvalue weighted by Crippen LogP contribution is -2.45. The quantitative estimate of drug-likeness (QED) is 0.342. The summed E-state index contributed by atoms with van der Waals surface area (Å²) in [5, 5.41) is 2.79. The Morgan fingerprint density at radius 3 is 2.45 bits per heavy atom. The Labute approximate surface area is 188 Å². The molecule has 31 heavy (non-hydrogen) atoms. The molecule has 0 aliphatic rings. The van der Waals surface area contributed by atoms with Crippen molar-refractivity contribution in [1.29, 1.82) is 0 Å². The van der Waals surface area contributed by atoms with Crippen LogP contribution in [0.5, 0.6) is 0 Å². The first-order valence-electron chi connectivity index (χ1n) is 10.5. The molecule has 0 unspecified atom stereocenters. The van der Waals surface area contributed by atoms with Crippen LogP contribution in [0, 0.1) is 0 Å². The van der Waals surface area contributed by atoms with Gasteiger partial charge in [-0.25, -0.2) is 0 Å². The fraction of sp³-hybridized carbons (Fsp3) is 0.222. The number of nitrogens with zero attached hydrogens (tertiary/aromatic N) is 2. The summed E-state index contributed by atoms with van der Waals surface area (Å²) in [5.74, 6) is 0.0415. The van der Waals surface area contributed by atoms with E-state index in [-0.39, 0.29) is 11.4 Å². The highest BCUT2D eigenvalue weighted by molar-refractivity contribution is 6.30. The Kier molecular flexibility index (Phi) is 5.88. The summed E-state index contributed by atoms with van der Waals surface area (Å²) in [5.41, 5.74) is 2.62. The maximum atomic E-state index is 13.7. The lowest BCUT2D eigenvalue weighted by molar-refractivity contribution is 0.0554. The number of aromatic nitrogens is 1. The smallest absolute Gasteiger partial charge is 0.255 e. The molecule has 0 bridgehead atoms. The summed E-state index contributed by atoms with van der Waals surface area (Å²) in [6, 6.07) is 26.0. The van der Waals surface area contributed by atoms with Crippen molar-refractivity contribution in [3.63, 3.8) is 0 Å². The van der Waals surface area contributed by atoms with Crippen LogP contribution < -0.4 is 0 Å². The Morgan fingerprint density at radius 2 is 1.68 bits per heavy atom. The molecule has 3 aromatic carbocycles. The Hall–Kier alpha value is -3.04. The minimum Gasteiger partial charge on any atom is -0.345 e. The summed E-state index contributed by atoms with van der Waals surface area (Å²) < 4.78 is 2.18. The number of amides is 1. The highest BCUT2D eigenvalue weighted by atomic mass is 35.5. The second kappa shape index (κ2) is 8.60. The number of hydrogen-bond donors (Lipinski definition) is 0. The van der Waals surface area contributed by atoms with Crippen molar-refractivity contribution in [1.82, 2.24) is 9.47 Å². The van der Waals surface area contributed by atoms with Crippen LogP contribution in [0.3, 0.4) is 0 Å². The van der Waals surface area contributed by atoms with Crippen molar-refractivity contribution in [2.75, 3.05) is 0 Å². The van der Waals surface area contributed by atoms with E-state index in [2.05, 4.69) is 43.7 Å². The third kappa shape index (κ3) is 4.67. The van der Waals surface area contributed by atoms with Gasteiger partial charge in [0.05, 0.1) is 6.54 Å². The molecule has 0 atom stereocenters. The van der Waals surface area contributed by atoms with Crippen LogP contribution in [0.4, 0.5) is 0 Å². The van der Waals surface area contributed by atoms with Gasteiger partial charge in [0.15, 0.2) is 0 Å². The van der Waals surface area contributed by atoms with Crippen LogP contribution in [0.25, 0.3) is 10.8 Å². The van der Waals surface area contributed by atoms with Crippen molar-refractivity contribution >= 4 is 28.3 Å². The standard InChI is InChI=1S/C27H27ClN2O/c1-27(2,3)30(26(31)25-15-7-11-21-10-4-5-14-24(21)25)19-23-13-8-16-29(23)18-20-9-6-12-22(28)17-20/h4-17H,18-19H2,1-3H3. The van der Waals surface area contributed by atoms with Gasteiger partial charge in [-0.1, -0.05) is 60.1 Å². The van der Waals surface area contributed by atoms with Gasteiger partial charge in [0.1, 0.15) is 0 Å². The number of hydrogen-bond acceptors (Lipinski definition) is 1. The van der Waals surface area contributed by atoms with E-state index in [0.29, 0.717) is 13.1 Å². The highest BCUT2D eigenvalue weighted by Crippen LogP contribution is 2.26. The lowest BCUT2D eigenvalue weighted by Gasteiger charge is -2.36. The van der Waals surface area contributed by atoms with Gasteiger partial charge in [0, 0.05) is 34.6 Å². The Balaban J connectivity index is 1.66. The fourth-order valence-electron chi connectivity index (χ4n) is 3.91. The van der Waals surface area contributed by atoms with Crippen molar-refractivity contribution in [2.24, 2.45) is 0 Å². The zero-order valence-corrected chi connectivity index (χ0v) is 18.9. The average molecular weight is 431 g/mol. The van der Waals surface area contributed by atoms with Crippen molar-refractivity contribution in [2.45, 2.75) is 39.4 Å². The molecule has 4 aromatic rings. The Bertz CT molecular complexity index is 1210. The van der Waals surface area contributed by atoms with Crippen LogP contribution >= 0.6 is 11.6 Å². The maximum Gasteiger partial charge on any atom is 0.255 e. The molecule has 1 amide bonds. The molecule has 0 fully saturated rings. The highest BCUT2D eigenvalue weighted by Gasteiger charge is 2.29. The molecule has 4 rings (SSSR count). The van der Waals surface area contributed by atoms with Gasteiger partial charge < -0.3 is 9.47 Å². The van der Waals surface area contributed by atoms with Crippen LogP contribution in [0.1, 0.15) is 42.4 Å². The molecular formula is C27H27ClN2O. The number of carbonyl (C=O) groups excluding carboxylic acids is 1. The van der Waals surface area contributed by atoms with Gasteiger partial charge in [-0.2, -0.15) is 0 Å². The Morgan fingerprint density at radius 1 is 0.935 bits per heavy atom. The van der Waals surface area contributed by atoms with Crippen molar-refractivity contribution < 1.29 is 4.79 Å². The molecule has 0 spiro atoms. The molecule has 0 saturated carbocycles. The minimum absolute atomic E-state index is 0.0415. The summed E-state index contributed by atoms with van der Waals surface area (Å²) in [4.78, 5) is 15.7. The van der Waals surface area contributed by atoms with E-state index in [1.165, 1.54) is 0 Å². The van der Waals surface area contributed by atoms with Gasteiger partial charge in [0.25, 0.3) is 5.91 Å². The molecule has 0 saturated heterocycles. The predicted octanol–water partition coefficient (Wildman–Crippen LogP) is 6.78. The van der Waals surface area contributed by atoms with E-state index >= 15 is 0 Å². The molecule has 4 heteroatoms. The normalized spacial score (nSPS) is 11.6. The number of carbonyl (C=O) groups is 1. The summed E-state index contributed by atoms with van der Waals surface area (Å²) in [7, 11) is 0. The molecule has 0 radical (unpaired) electrons. The molecule has 158 valence electrons. The molecular weight excluding hydrogens is 404 g/mol. The van der Waals surface area contributed by atoms with E-state index in [1.54, 1.807) is 0 Å². The van der Waals surface area contributed by atoms with Gasteiger partial charge in [-0.05, 0) is 67.4 Å². The molecule has 1 heterocycles. The van der Waals surface area contributed by atoms with Crippen LogP contribution in [0.15, 0.2) is 85.1 Å². The zero-order chi connectivity index (χ0) is 22.0. The topological polar surface area (TPSA) is 25.2 Å². The van der Waals surface area contributed by atoms with Gasteiger partial charge in [-0.15, -0.1) is 0 Å². The number of benzene rings is 3.